The Balaban J connectivity index is 1.91. The number of carbonyl (C=O) groups is 1. The average Bonchev–Trinajstić information content (AvgIpc) is 2.70. The summed E-state index contributed by atoms with van der Waals surface area (Å²) in [6.07, 6.45) is 3.72. The van der Waals surface area contributed by atoms with Crippen LogP contribution in [0, 0.1) is 23.7 Å². The summed E-state index contributed by atoms with van der Waals surface area (Å²) in [5.41, 5.74) is 0. The van der Waals surface area contributed by atoms with Gasteiger partial charge in [-0.3, -0.25) is 0 Å². The standard InChI is InChI=1S/C10H14O3/c11-4-5-3-7-9-6(5)1-2-8(9)13-10(7)12/h4-10,12H,1-3H2/t5-,6+,7-,8+,9+,10?/m0/s1. The molecule has 13 heavy (non-hydrogen) atoms. The van der Waals surface area contributed by atoms with Gasteiger partial charge in [-0.25, -0.2) is 0 Å². The molecule has 1 saturated heterocycles. The Morgan fingerprint density at radius 2 is 2.15 bits per heavy atom. The number of ether oxygens (including phenoxy) is 1. The lowest BCUT2D eigenvalue weighted by Crippen LogP contribution is -2.16. The Kier molecular flexibility index (Phi) is 1.56. The van der Waals surface area contributed by atoms with Crippen molar-refractivity contribution in [3.63, 3.8) is 0 Å². The van der Waals surface area contributed by atoms with Gasteiger partial charge in [0.05, 0.1) is 6.10 Å². The van der Waals surface area contributed by atoms with Crippen LogP contribution in [0.5, 0.6) is 0 Å². The van der Waals surface area contributed by atoms with Crippen molar-refractivity contribution in [3.8, 4) is 0 Å². The molecule has 0 aromatic carbocycles. The number of rotatable bonds is 1. The van der Waals surface area contributed by atoms with E-state index < -0.39 is 6.29 Å². The summed E-state index contributed by atoms with van der Waals surface area (Å²) in [4.78, 5) is 10.8. The molecule has 0 aromatic rings. The van der Waals surface area contributed by atoms with Gasteiger partial charge in [-0.2, -0.15) is 0 Å². The molecule has 1 aliphatic heterocycles. The van der Waals surface area contributed by atoms with Crippen LogP contribution < -0.4 is 0 Å². The van der Waals surface area contributed by atoms with Gasteiger partial charge in [0.2, 0.25) is 0 Å². The predicted octanol–water partition coefficient (Wildman–Crippen LogP) is 0.565. The van der Waals surface area contributed by atoms with Crippen molar-refractivity contribution >= 4 is 6.29 Å². The summed E-state index contributed by atoms with van der Waals surface area (Å²) in [5, 5.41) is 9.60. The molecule has 2 saturated carbocycles. The number of aliphatic hydroxyl groups excluding tert-OH is 1. The molecule has 2 aliphatic carbocycles. The Labute approximate surface area is 77.1 Å². The Bertz CT molecular complexity index is 240. The average molecular weight is 182 g/mol. The lowest BCUT2D eigenvalue weighted by Gasteiger charge is -2.12. The number of hydrogen-bond acceptors (Lipinski definition) is 3. The number of carbonyl (C=O) groups excluding carboxylic acids is 1. The highest BCUT2D eigenvalue weighted by Crippen LogP contribution is 2.56. The van der Waals surface area contributed by atoms with Crippen molar-refractivity contribution in [2.24, 2.45) is 23.7 Å². The summed E-state index contributed by atoms with van der Waals surface area (Å²) >= 11 is 0. The first-order valence-electron chi connectivity index (χ1n) is 5.10. The maximum absolute atomic E-state index is 10.8. The molecule has 0 amide bonds. The van der Waals surface area contributed by atoms with E-state index in [1.54, 1.807) is 0 Å². The van der Waals surface area contributed by atoms with Crippen molar-refractivity contribution in [1.82, 2.24) is 0 Å². The fraction of sp³-hybridized carbons (Fsp3) is 0.900. The highest BCUT2D eigenvalue weighted by atomic mass is 16.6. The van der Waals surface area contributed by atoms with Crippen LogP contribution in [-0.2, 0) is 9.53 Å². The molecule has 3 nitrogen and oxygen atoms in total. The summed E-state index contributed by atoms with van der Waals surface area (Å²) in [7, 11) is 0. The summed E-state index contributed by atoms with van der Waals surface area (Å²) in [6.45, 7) is 0. The molecule has 1 heterocycles. The molecule has 3 rings (SSSR count). The maximum Gasteiger partial charge on any atom is 0.158 e. The molecule has 3 heteroatoms. The van der Waals surface area contributed by atoms with Crippen LogP contribution in [0.25, 0.3) is 0 Å². The Morgan fingerprint density at radius 1 is 1.31 bits per heavy atom. The van der Waals surface area contributed by atoms with Gasteiger partial charge in [-0.15, -0.1) is 0 Å². The van der Waals surface area contributed by atoms with Crippen LogP contribution in [0.3, 0.4) is 0 Å². The highest BCUT2D eigenvalue weighted by Gasteiger charge is 2.57. The molecule has 3 aliphatic rings. The van der Waals surface area contributed by atoms with Gasteiger partial charge in [-0.05, 0) is 31.1 Å². The van der Waals surface area contributed by atoms with Gasteiger partial charge >= 0.3 is 0 Å². The molecule has 0 aromatic heterocycles. The molecule has 6 atom stereocenters. The van der Waals surface area contributed by atoms with Crippen LogP contribution in [-0.4, -0.2) is 23.8 Å². The molecule has 3 fully saturated rings. The van der Waals surface area contributed by atoms with Crippen molar-refractivity contribution in [2.45, 2.75) is 31.7 Å². The molecular weight excluding hydrogens is 168 g/mol. The summed E-state index contributed by atoms with van der Waals surface area (Å²) in [6, 6.07) is 0. The van der Waals surface area contributed by atoms with E-state index in [2.05, 4.69) is 0 Å². The zero-order chi connectivity index (χ0) is 9.00. The minimum atomic E-state index is -0.595. The molecule has 1 unspecified atom stereocenters. The van der Waals surface area contributed by atoms with E-state index in [4.69, 9.17) is 4.74 Å². The normalized spacial score (nSPS) is 58.2. The Hall–Kier alpha value is -0.410. The molecule has 0 radical (unpaired) electrons. The van der Waals surface area contributed by atoms with Gasteiger partial charge in [0, 0.05) is 11.8 Å². The SMILES string of the molecule is O=C[C@@H]1C[C@@H]2C(O)O[C@@H]3CC[C@H]1[C@H]23. The van der Waals surface area contributed by atoms with Crippen LogP contribution in [0.15, 0.2) is 0 Å². The van der Waals surface area contributed by atoms with E-state index in [-0.39, 0.29) is 17.9 Å². The van der Waals surface area contributed by atoms with Crippen LogP contribution in [0.1, 0.15) is 19.3 Å². The van der Waals surface area contributed by atoms with Crippen molar-refractivity contribution in [3.05, 3.63) is 0 Å². The van der Waals surface area contributed by atoms with Gasteiger partial charge in [0.25, 0.3) is 0 Å². The van der Waals surface area contributed by atoms with Crippen LogP contribution >= 0.6 is 0 Å². The predicted molar refractivity (Wildman–Crippen MR) is 44.8 cm³/mol. The molecule has 0 bridgehead atoms. The second-order valence-electron chi connectivity index (χ2n) is 4.58. The van der Waals surface area contributed by atoms with E-state index in [0.717, 1.165) is 25.5 Å². The van der Waals surface area contributed by atoms with Crippen molar-refractivity contribution in [1.29, 1.82) is 0 Å². The number of hydrogen-bond donors (Lipinski definition) is 1. The third-order valence-corrected chi connectivity index (χ3v) is 4.15. The van der Waals surface area contributed by atoms with E-state index in [1.165, 1.54) is 0 Å². The minimum absolute atomic E-state index is 0.193. The molecule has 1 N–H and O–H groups in total. The molecule has 0 spiro atoms. The fourth-order valence-corrected chi connectivity index (χ4v) is 3.66. The molecule has 72 valence electrons. The first kappa shape index (κ1) is 7.94. The van der Waals surface area contributed by atoms with Gasteiger partial charge in [0.15, 0.2) is 6.29 Å². The fourth-order valence-electron chi connectivity index (χ4n) is 3.66. The van der Waals surface area contributed by atoms with Crippen molar-refractivity contribution in [2.75, 3.05) is 0 Å². The van der Waals surface area contributed by atoms with E-state index in [9.17, 15) is 9.90 Å². The largest absolute Gasteiger partial charge is 0.368 e. The van der Waals surface area contributed by atoms with Crippen molar-refractivity contribution < 1.29 is 14.6 Å². The summed E-state index contributed by atoms with van der Waals surface area (Å²) in [5.74, 6) is 1.42. The Morgan fingerprint density at radius 3 is 2.92 bits per heavy atom. The van der Waals surface area contributed by atoms with Crippen LogP contribution in [0.4, 0.5) is 0 Å². The third-order valence-electron chi connectivity index (χ3n) is 4.15. The zero-order valence-corrected chi connectivity index (χ0v) is 7.43. The topological polar surface area (TPSA) is 46.5 Å². The van der Waals surface area contributed by atoms with Gasteiger partial charge in [0.1, 0.15) is 6.29 Å². The quantitative estimate of drug-likeness (QED) is 0.603. The van der Waals surface area contributed by atoms with Gasteiger partial charge < -0.3 is 14.6 Å². The zero-order valence-electron chi connectivity index (χ0n) is 7.43. The third kappa shape index (κ3) is 0.891. The first-order chi connectivity index (χ1) is 6.31. The monoisotopic (exact) mass is 182 g/mol. The smallest absolute Gasteiger partial charge is 0.158 e. The minimum Gasteiger partial charge on any atom is -0.368 e. The van der Waals surface area contributed by atoms with E-state index >= 15 is 0 Å². The van der Waals surface area contributed by atoms with Crippen LogP contribution in [0.2, 0.25) is 0 Å². The lowest BCUT2D eigenvalue weighted by molar-refractivity contribution is -0.116. The lowest BCUT2D eigenvalue weighted by atomic mass is 9.91. The van der Waals surface area contributed by atoms with Gasteiger partial charge in [-0.1, -0.05) is 0 Å². The van der Waals surface area contributed by atoms with E-state index in [0.29, 0.717) is 11.8 Å². The first-order valence-corrected chi connectivity index (χ1v) is 5.10. The number of aldehydes is 1. The summed E-state index contributed by atoms with van der Waals surface area (Å²) < 4.78 is 5.45. The second-order valence-corrected chi connectivity index (χ2v) is 4.58. The van der Waals surface area contributed by atoms with E-state index in [1.807, 2.05) is 0 Å². The number of aliphatic hydroxyl groups is 1. The highest BCUT2D eigenvalue weighted by molar-refractivity contribution is 5.55. The maximum atomic E-state index is 10.8. The second kappa shape index (κ2) is 2.55. The molecular formula is C10H14O3.